The van der Waals surface area contributed by atoms with Crippen LogP contribution in [0.5, 0.6) is 0 Å². The molecule has 0 aliphatic heterocycles. The number of benzene rings is 1. The maximum absolute atomic E-state index is 13.6. The van der Waals surface area contributed by atoms with E-state index >= 15 is 0 Å². The van der Waals surface area contributed by atoms with Crippen molar-refractivity contribution >= 4 is 5.69 Å². The SMILES string of the molecule is CN(C)c1cnn(CC(N)c2ccccc2F)c(=O)c1. The molecule has 0 spiro atoms. The molecule has 1 atom stereocenters. The molecule has 1 aromatic carbocycles. The number of hydrogen-bond donors (Lipinski definition) is 1. The highest BCUT2D eigenvalue weighted by Gasteiger charge is 2.13. The number of rotatable bonds is 4. The first kappa shape index (κ1) is 14.2. The summed E-state index contributed by atoms with van der Waals surface area (Å²) in [6.07, 6.45) is 1.58. The zero-order valence-corrected chi connectivity index (χ0v) is 11.5. The summed E-state index contributed by atoms with van der Waals surface area (Å²) in [4.78, 5) is 13.7. The molecular formula is C14H17FN4O. The summed E-state index contributed by atoms with van der Waals surface area (Å²) in [6.45, 7) is 0.132. The standard InChI is InChI=1S/C14H17FN4O/c1-18(2)10-7-14(20)19(17-8-10)9-13(16)11-5-3-4-6-12(11)15/h3-8,13H,9,16H2,1-2H3. The number of anilines is 1. The van der Waals surface area contributed by atoms with Gasteiger partial charge in [-0.1, -0.05) is 18.2 Å². The summed E-state index contributed by atoms with van der Waals surface area (Å²) in [7, 11) is 3.65. The Morgan fingerprint density at radius 1 is 1.40 bits per heavy atom. The Kier molecular flexibility index (Phi) is 4.14. The molecule has 106 valence electrons. The van der Waals surface area contributed by atoms with E-state index in [0.717, 1.165) is 0 Å². The van der Waals surface area contributed by atoms with Gasteiger partial charge in [-0.05, 0) is 6.07 Å². The number of aromatic nitrogens is 2. The highest BCUT2D eigenvalue weighted by molar-refractivity contribution is 5.40. The smallest absolute Gasteiger partial charge is 0.268 e. The number of hydrogen-bond acceptors (Lipinski definition) is 4. The lowest BCUT2D eigenvalue weighted by atomic mass is 10.1. The van der Waals surface area contributed by atoms with Crippen LogP contribution >= 0.6 is 0 Å². The quantitative estimate of drug-likeness (QED) is 0.910. The number of nitrogens with two attached hydrogens (primary N) is 1. The molecule has 1 heterocycles. The molecule has 2 aromatic rings. The zero-order chi connectivity index (χ0) is 14.7. The van der Waals surface area contributed by atoms with Gasteiger partial charge in [0.05, 0.1) is 24.5 Å². The zero-order valence-electron chi connectivity index (χ0n) is 11.5. The van der Waals surface area contributed by atoms with Gasteiger partial charge in [-0.2, -0.15) is 5.10 Å². The van der Waals surface area contributed by atoms with Crippen molar-refractivity contribution in [3.05, 3.63) is 58.3 Å². The summed E-state index contributed by atoms with van der Waals surface area (Å²) in [6, 6.07) is 7.12. The van der Waals surface area contributed by atoms with Gasteiger partial charge in [-0.15, -0.1) is 0 Å². The predicted octanol–water partition coefficient (Wildman–Crippen LogP) is 1.15. The average molecular weight is 276 g/mol. The van der Waals surface area contributed by atoms with Gasteiger partial charge in [-0.3, -0.25) is 4.79 Å². The Bertz CT molecular complexity index is 654. The lowest BCUT2D eigenvalue weighted by Crippen LogP contribution is -2.29. The molecule has 0 saturated carbocycles. The molecule has 2 N–H and O–H groups in total. The molecule has 0 radical (unpaired) electrons. The lowest BCUT2D eigenvalue weighted by molar-refractivity contribution is 0.484. The summed E-state index contributed by atoms with van der Waals surface area (Å²) in [5.41, 5.74) is 6.77. The maximum Gasteiger partial charge on any atom is 0.268 e. The summed E-state index contributed by atoms with van der Waals surface area (Å²) in [5, 5.41) is 4.05. The predicted molar refractivity (Wildman–Crippen MR) is 76.2 cm³/mol. The Hall–Kier alpha value is -2.21. The van der Waals surface area contributed by atoms with E-state index in [-0.39, 0.29) is 17.9 Å². The first-order chi connectivity index (χ1) is 9.49. The first-order valence-corrected chi connectivity index (χ1v) is 6.23. The van der Waals surface area contributed by atoms with Gasteiger partial charge in [-0.25, -0.2) is 9.07 Å². The number of halogens is 1. The molecule has 0 fully saturated rings. The van der Waals surface area contributed by atoms with Crippen LogP contribution < -0.4 is 16.2 Å². The van der Waals surface area contributed by atoms with E-state index in [2.05, 4.69) is 5.10 Å². The molecule has 5 nitrogen and oxygen atoms in total. The van der Waals surface area contributed by atoms with Gasteiger partial charge in [0.2, 0.25) is 0 Å². The largest absolute Gasteiger partial charge is 0.376 e. The minimum atomic E-state index is -0.619. The van der Waals surface area contributed by atoms with Crippen LogP contribution in [0, 0.1) is 5.82 Å². The van der Waals surface area contributed by atoms with E-state index in [1.807, 2.05) is 14.1 Å². The van der Waals surface area contributed by atoms with Crippen molar-refractivity contribution in [2.24, 2.45) is 5.73 Å². The molecule has 1 unspecified atom stereocenters. The van der Waals surface area contributed by atoms with E-state index in [4.69, 9.17) is 5.73 Å². The van der Waals surface area contributed by atoms with Crippen molar-refractivity contribution in [2.75, 3.05) is 19.0 Å². The van der Waals surface area contributed by atoms with Crippen LogP contribution in [0.3, 0.4) is 0 Å². The third kappa shape index (κ3) is 3.03. The molecule has 2 rings (SSSR count). The second-order valence-electron chi connectivity index (χ2n) is 4.76. The monoisotopic (exact) mass is 276 g/mol. The van der Waals surface area contributed by atoms with Crippen molar-refractivity contribution < 1.29 is 4.39 Å². The summed E-state index contributed by atoms with van der Waals surface area (Å²) in [5.74, 6) is -0.377. The Labute approximate surface area is 116 Å². The van der Waals surface area contributed by atoms with E-state index in [1.165, 1.54) is 16.8 Å². The normalized spacial score (nSPS) is 12.2. The highest BCUT2D eigenvalue weighted by atomic mass is 19.1. The Morgan fingerprint density at radius 2 is 2.10 bits per heavy atom. The Morgan fingerprint density at radius 3 is 2.70 bits per heavy atom. The highest BCUT2D eigenvalue weighted by Crippen LogP contribution is 2.15. The minimum absolute atomic E-state index is 0.132. The van der Waals surface area contributed by atoms with E-state index < -0.39 is 6.04 Å². The maximum atomic E-state index is 13.6. The van der Waals surface area contributed by atoms with Crippen molar-refractivity contribution in [3.8, 4) is 0 Å². The molecule has 0 aliphatic rings. The third-order valence-electron chi connectivity index (χ3n) is 3.05. The van der Waals surface area contributed by atoms with Gasteiger partial charge < -0.3 is 10.6 Å². The number of nitrogens with zero attached hydrogens (tertiary/aromatic N) is 3. The van der Waals surface area contributed by atoms with E-state index in [0.29, 0.717) is 11.3 Å². The topological polar surface area (TPSA) is 64.2 Å². The fraction of sp³-hybridized carbons (Fsp3) is 0.286. The molecule has 0 saturated heterocycles. The van der Waals surface area contributed by atoms with Crippen LogP contribution in [0.15, 0.2) is 41.3 Å². The first-order valence-electron chi connectivity index (χ1n) is 6.23. The second-order valence-corrected chi connectivity index (χ2v) is 4.76. The van der Waals surface area contributed by atoms with Crippen molar-refractivity contribution in [3.63, 3.8) is 0 Å². The second kappa shape index (κ2) is 5.83. The van der Waals surface area contributed by atoms with Crippen molar-refractivity contribution in [2.45, 2.75) is 12.6 Å². The van der Waals surface area contributed by atoms with Crippen LogP contribution in [0.1, 0.15) is 11.6 Å². The van der Waals surface area contributed by atoms with Gasteiger partial charge in [0, 0.05) is 25.7 Å². The van der Waals surface area contributed by atoms with Gasteiger partial charge >= 0.3 is 0 Å². The van der Waals surface area contributed by atoms with Crippen molar-refractivity contribution in [1.82, 2.24) is 9.78 Å². The van der Waals surface area contributed by atoms with Gasteiger partial charge in [0.25, 0.3) is 5.56 Å². The van der Waals surface area contributed by atoms with Crippen LogP contribution in [0.4, 0.5) is 10.1 Å². The Balaban J connectivity index is 2.22. The third-order valence-corrected chi connectivity index (χ3v) is 3.05. The fourth-order valence-electron chi connectivity index (χ4n) is 1.87. The van der Waals surface area contributed by atoms with E-state index in [1.54, 1.807) is 29.3 Å². The summed E-state index contributed by atoms with van der Waals surface area (Å²) < 4.78 is 14.9. The molecule has 0 amide bonds. The molecular weight excluding hydrogens is 259 g/mol. The lowest BCUT2D eigenvalue weighted by Gasteiger charge is -2.15. The summed E-state index contributed by atoms with van der Waals surface area (Å²) >= 11 is 0. The molecule has 0 bridgehead atoms. The fourth-order valence-corrected chi connectivity index (χ4v) is 1.87. The van der Waals surface area contributed by atoms with Gasteiger partial charge in [0.15, 0.2) is 0 Å². The molecule has 1 aromatic heterocycles. The van der Waals surface area contributed by atoms with Crippen molar-refractivity contribution in [1.29, 1.82) is 0 Å². The molecule has 0 aliphatic carbocycles. The molecule has 6 heteroatoms. The minimum Gasteiger partial charge on any atom is -0.376 e. The van der Waals surface area contributed by atoms with Gasteiger partial charge in [0.1, 0.15) is 5.82 Å². The van der Waals surface area contributed by atoms with Crippen LogP contribution in [-0.2, 0) is 6.54 Å². The molecule has 20 heavy (non-hydrogen) atoms. The van der Waals surface area contributed by atoms with E-state index in [9.17, 15) is 9.18 Å². The average Bonchev–Trinajstić information content (AvgIpc) is 2.41. The van der Waals surface area contributed by atoms with Crippen LogP contribution in [0.2, 0.25) is 0 Å². The van der Waals surface area contributed by atoms with Crippen LogP contribution in [-0.4, -0.2) is 23.9 Å². The van der Waals surface area contributed by atoms with Crippen LogP contribution in [0.25, 0.3) is 0 Å².